The number of pyridine rings is 1. The molecule has 3 heterocycles. The number of rotatable bonds is 2. The summed E-state index contributed by atoms with van der Waals surface area (Å²) >= 11 is 0. The second-order valence-corrected chi connectivity index (χ2v) is 6.93. The first-order chi connectivity index (χ1) is 10.9. The van der Waals surface area contributed by atoms with E-state index in [1.165, 1.54) is 11.1 Å². The van der Waals surface area contributed by atoms with Crippen LogP contribution in [0.25, 0.3) is 0 Å². The number of anilines is 1. The highest BCUT2D eigenvalue weighted by molar-refractivity contribution is 5.71. The van der Waals surface area contributed by atoms with E-state index in [1.54, 1.807) is 18.2 Å². The molecule has 0 bridgehead atoms. The van der Waals surface area contributed by atoms with E-state index in [-0.39, 0.29) is 6.09 Å². The molecule has 0 fully saturated rings. The van der Waals surface area contributed by atoms with Crippen LogP contribution in [-0.4, -0.2) is 54.9 Å². The second-order valence-electron chi connectivity index (χ2n) is 6.93. The Morgan fingerprint density at radius 1 is 1.17 bits per heavy atom. The molecule has 1 aromatic rings. The van der Waals surface area contributed by atoms with Gasteiger partial charge in [-0.25, -0.2) is 9.78 Å². The number of amides is 1. The quantitative estimate of drug-likeness (QED) is 0.784. The molecular formula is C17H23N3O3. The van der Waals surface area contributed by atoms with E-state index in [0.717, 1.165) is 24.7 Å². The molecule has 124 valence electrons. The van der Waals surface area contributed by atoms with Crippen molar-refractivity contribution in [2.75, 3.05) is 38.2 Å². The summed E-state index contributed by atoms with van der Waals surface area (Å²) in [6, 6.07) is 3.78. The lowest BCUT2D eigenvalue weighted by Crippen LogP contribution is -2.38. The average molecular weight is 317 g/mol. The van der Waals surface area contributed by atoms with Crippen molar-refractivity contribution in [2.24, 2.45) is 0 Å². The van der Waals surface area contributed by atoms with E-state index in [4.69, 9.17) is 9.47 Å². The Kier molecular flexibility index (Phi) is 3.92. The number of ether oxygens (including phenoxy) is 2. The fourth-order valence-corrected chi connectivity index (χ4v) is 2.96. The number of carbonyl (C=O) groups is 1. The maximum absolute atomic E-state index is 12.2. The van der Waals surface area contributed by atoms with Crippen LogP contribution in [0.3, 0.4) is 0 Å². The summed E-state index contributed by atoms with van der Waals surface area (Å²) in [5.41, 5.74) is 2.10. The normalized spacial score (nSPS) is 17.6. The zero-order valence-electron chi connectivity index (χ0n) is 14.1. The fourth-order valence-electron chi connectivity index (χ4n) is 2.96. The van der Waals surface area contributed by atoms with Crippen molar-refractivity contribution in [1.82, 2.24) is 9.88 Å². The molecule has 0 unspecified atom stereocenters. The lowest BCUT2D eigenvalue weighted by Gasteiger charge is -2.27. The summed E-state index contributed by atoms with van der Waals surface area (Å²) in [4.78, 5) is 20.6. The smallest absolute Gasteiger partial charge is 0.410 e. The largest absolute Gasteiger partial charge is 0.493 e. The molecule has 2 aliphatic rings. The molecule has 0 atom stereocenters. The number of hydrogen-bond acceptors (Lipinski definition) is 5. The number of carbonyl (C=O) groups excluding carboxylic acids is 1. The Balaban J connectivity index is 1.63. The Morgan fingerprint density at radius 2 is 1.83 bits per heavy atom. The Bertz CT molecular complexity index is 631. The van der Waals surface area contributed by atoms with Gasteiger partial charge in [-0.1, -0.05) is 0 Å². The van der Waals surface area contributed by atoms with Crippen molar-refractivity contribution >= 4 is 11.9 Å². The standard InChI is InChI=1S/C17H23N3O3/c1-17(2,3)23-16(21)20-10-12-8-19(9-13(12)11-20)15-14(22-4)6-5-7-18-15/h5-7H,8-11H2,1-4H3. The predicted molar refractivity (Wildman–Crippen MR) is 87.8 cm³/mol. The third-order valence-corrected chi connectivity index (χ3v) is 3.95. The maximum atomic E-state index is 12.2. The van der Waals surface area contributed by atoms with Crippen LogP contribution >= 0.6 is 0 Å². The van der Waals surface area contributed by atoms with Crippen molar-refractivity contribution in [1.29, 1.82) is 0 Å². The van der Waals surface area contributed by atoms with Crippen molar-refractivity contribution in [2.45, 2.75) is 26.4 Å². The lowest BCUT2D eigenvalue weighted by atomic mass is 10.2. The number of aromatic nitrogens is 1. The third-order valence-electron chi connectivity index (χ3n) is 3.95. The lowest BCUT2D eigenvalue weighted by molar-refractivity contribution is 0.0297. The van der Waals surface area contributed by atoms with Crippen LogP contribution in [0.1, 0.15) is 20.8 Å². The highest BCUT2D eigenvalue weighted by Crippen LogP contribution is 2.33. The van der Waals surface area contributed by atoms with E-state index in [9.17, 15) is 4.79 Å². The van der Waals surface area contributed by atoms with E-state index in [2.05, 4.69) is 9.88 Å². The molecule has 0 aliphatic carbocycles. The Hall–Kier alpha value is -2.24. The van der Waals surface area contributed by atoms with Gasteiger partial charge in [-0.2, -0.15) is 0 Å². The molecule has 0 saturated carbocycles. The second kappa shape index (κ2) is 5.76. The molecule has 0 radical (unpaired) electrons. The van der Waals surface area contributed by atoms with Crippen LogP contribution < -0.4 is 9.64 Å². The first kappa shape index (κ1) is 15.6. The van der Waals surface area contributed by atoms with Gasteiger partial charge < -0.3 is 19.3 Å². The predicted octanol–water partition coefficient (Wildman–Crippen LogP) is 2.46. The summed E-state index contributed by atoms with van der Waals surface area (Å²) in [6.45, 7) is 8.49. The zero-order chi connectivity index (χ0) is 16.6. The van der Waals surface area contributed by atoms with Crippen LogP contribution in [0.2, 0.25) is 0 Å². The van der Waals surface area contributed by atoms with Gasteiger partial charge in [-0.15, -0.1) is 0 Å². The average Bonchev–Trinajstić information content (AvgIpc) is 3.03. The fraction of sp³-hybridized carbons (Fsp3) is 0.529. The highest BCUT2D eigenvalue weighted by atomic mass is 16.6. The molecule has 0 aromatic carbocycles. The van der Waals surface area contributed by atoms with E-state index in [0.29, 0.717) is 13.1 Å². The molecule has 6 heteroatoms. The van der Waals surface area contributed by atoms with Gasteiger partial charge in [0.15, 0.2) is 11.6 Å². The number of methoxy groups -OCH3 is 1. The number of hydrogen-bond donors (Lipinski definition) is 0. The first-order valence-electron chi connectivity index (χ1n) is 7.79. The van der Waals surface area contributed by atoms with Crippen LogP contribution in [-0.2, 0) is 4.74 Å². The first-order valence-corrected chi connectivity index (χ1v) is 7.79. The molecule has 1 amide bonds. The van der Waals surface area contributed by atoms with Crippen molar-refractivity contribution in [3.05, 3.63) is 29.5 Å². The molecule has 2 aliphatic heterocycles. The van der Waals surface area contributed by atoms with Crippen molar-refractivity contribution in [3.8, 4) is 5.75 Å². The summed E-state index contributed by atoms with van der Waals surface area (Å²) < 4.78 is 10.8. The van der Waals surface area contributed by atoms with Gasteiger partial charge in [0.2, 0.25) is 0 Å². The summed E-state index contributed by atoms with van der Waals surface area (Å²) in [7, 11) is 1.65. The minimum atomic E-state index is -0.461. The Labute approximate surface area is 136 Å². The SMILES string of the molecule is COc1cccnc1N1CC2=C(CN(C(=O)OC(C)(C)C)C2)C1. The van der Waals surface area contributed by atoms with E-state index >= 15 is 0 Å². The van der Waals surface area contributed by atoms with Gasteiger partial charge >= 0.3 is 6.09 Å². The molecule has 0 N–H and O–H groups in total. The van der Waals surface area contributed by atoms with E-state index < -0.39 is 5.60 Å². The molecule has 1 aromatic heterocycles. The third kappa shape index (κ3) is 3.25. The minimum absolute atomic E-state index is 0.242. The summed E-state index contributed by atoms with van der Waals surface area (Å²) in [5.74, 6) is 1.63. The van der Waals surface area contributed by atoms with Crippen LogP contribution in [0.15, 0.2) is 29.5 Å². The van der Waals surface area contributed by atoms with Crippen LogP contribution in [0, 0.1) is 0 Å². The minimum Gasteiger partial charge on any atom is -0.493 e. The van der Waals surface area contributed by atoms with Crippen molar-refractivity contribution < 1.29 is 14.3 Å². The molecule has 0 spiro atoms. The maximum Gasteiger partial charge on any atom is 0.410 e. The highest BCUT2D eigenvalue weighted by Gasteiger charge is 2.35. The van der Waals surface area contributed by atoms with Gasteiger partial charge in [0, 0.05) is 32.4 Å². The molecule has 3 rings (SSSR count). The van der Waals surface area contributed by atoms with Crippen LogP contribution in [0.5, 0.6) is 5.75 Å². The summed E-state index contributed by atoms with van der Waals surface area (Å²) in [5, 5.41) is 0. The molecule has 0 saturated heterocycles. The zero-order valence-corrected chi connectivity index (χ0v) is 14.1. The molecule has 23 heavy (non-hydrogen) atoms. The van der Waals surface area contributed by atoms with Crippen LogP contribution in [0.4, 0.5) is 10.6 Å². The van der Waals surface area contributed by atoms with Gasteiger partial charge in [-0.3, -0.25) is 0 Å². The van der Waals surface area contributed by atoms with Gasteiger partial charge in [-0.05, 0) is 44.1 Å². The Morgan fingerprint density at radius 3 is 2.39 bits per heavy atom. The monoisotopic (exact) mass is 317 g/mol. The van der Waals surface area contributed by atoms with Crippen molar-refractivity contribution in [3.63, 3.8) is 0 Å². The van der Waals surface area contributed by atoms with Gasteiger partial charge in [0.05, 0.1) is 7.11 Å². The topological polar surface area (TPSA) is 54.9 Å². The number of nitrogens with zero attached hydrogens (tertiary/aromatic N) is 3. The van der Waals surface area contributed by atoms with E-state index in [1.807, 2.05) is 32.9 Å². The molecule has 6 nitrogen and oxygen atoms in total. The van der Waals surface area contributed by atoms with Gasteiger partial charge in [0.25, 0.3) is 0 Å². The summed E-state index contributed by atoms with van der Waals surface area (Å²) in [6.07, 6.45) is 1.53. The molecular weight excluding hydrogens is 294 g/mol. The van der Waals surface area contributed by atoms with Gasteiger partial charge in [0.1, 0.15) is 5.60 Å².